The van der Waals surface area contributed by atoms with Crippen LogP contribution in [0.1, 0.15) is 5.01 Å². The molecule has 0 aliphatic carbocycles. The molecule has 3 aromatic rings. The largest absolute Gasteiger partial charge is 0.396 e. The number of hydrogen-bond acceptors (Lipinski definition) is 5. The van der Waals surface area contributed by atoms with E-state index in [-0.39, 0.29) is 0 Å². The maximum Gasteiger partial charge on any atom is 0.112 e. The summed E-state index contributed by atoms with van der Waals surface area (Å²) in [7, 11) is 0. The zero-order valence-electron chi connectivity index (χ0n) is 9.63. The molecule has 2 heterocycles. The Morgan fingerprint density at radius 2 is 2.11 bits per heavy atom. The Morgan fingerprint density at radius 3 is 2.94 bits per heavy atom. The second-order valence-electron chi connectivity index (χ2n) is 3.89. The molecule has 0 aliphatic rings. The first kappa shape index (κ1) is 11.0. The van der Waals surface area contributed by atoms with Crippen LogP contribution < -0.4 is 11.1 Å². The monoisotopic (exact) mass is 256 g/mol. The van der Waals surface area contributed by atoms with Gasteiger partial charge in [-0.3, -0.25) is 4.98 Å². The molecule has 1 aromatic carbocycles. The SMILES string of the molecule is Nc1cnc2ccccc2c1NCc1nccs1. The van der Waals surface area contributed by atoms with Crippen LogP contribution in [-0.4, -0.2) is 9.97 Å². The number of fused-ring (bicyclic) bond motifs is 1. The van der Waals surface area contributed by atoms with Crippen LogP contribution in [0, 0.1) is 0 Å². The molecule has 5 heteroatoms. The van der Waals surface area contributed by atoms with E-state index in [1.54, 1.807) is 23.7 Å². The minimum absolute atomic E-state index is 0.658. The lowest BCUT2D eigenvalue weighted by molar-refractivity contribution is 1.11. The highest BCUT2D eigenvalue weighted by molar-refractivity contribution is 7.09. The van der Waals surface area contributed by atoms with Crippen molar-refractivity contribution >= 4 is 33.6 Å². The average molecular weight is 256 g/mol. The number of nitrogens with one attached hydrogen (secondary N) is 1. The molecule has 0 amide bonds. The van der Waals surface area contributed by atoms with Gasteiger partial charge in [-0.1, -0.05) is 18.2 Å². The van der Waals surface area contributed by atoms with Gasteiger partial charge < -0.3 is 11.1 Å². The summed E-state index contributed by atoms with van der Waals surface area (Å²) >= 11 is 1.62. The Balaban J connectivity index is 1.97. The van der Waals surface area contributed by atoms with Gasteiger partial charge in [0.1, 0.15) is 5.01 Å². The molecule has 0 radical (unpaired) electrons. The molecule has 90 valence electrons. The third-order valence-corrected chi connectivity index (χ3v) is 3.48. The Bertz CT molecular complexity index is 664. The molecule has 0 bridgehead atoms. The summed E-state index contributed by atoms with van der Waals surface area (Å²) in [5, 5.41) is 7.38. The van der Waals surface area contributed by atoms with E-state index in [0.717, 1.165) is 21.6 Å². The van der Waals surface area contributed by atoms with Crippen molar-refractivity contribution < 1.29 is 0 Å². The predicted molar refractivity (Wildman–Crippen MR) is 75.6 cm³/mol. The van der Waals surface area contributed by atoms with E-state index < -0.39 is 0 Å². The van der Waals surface area contributed by atoms with Crippen molar-refractivity contribution in [1.82, 2.24) is 9.97 Å². The van der Waals surface area contributed by atoms with E-state index in [2.05, 4.69) is 15.3 Å². The van der Waals surface area contributed by atoms with Crippen molar-refractivity contribution in [3.8, 4) is 0 Å². The van der Waals surface area contributed by atoms with Crippen LogP contribution in [0.5, 0.6) is 0 Å². The van der Waals surface area contributed by atoms with Crippen molar-refractivity contribution in [2.75, 3.05) is 11.1 Å². The normalized spacial score (nSPS) is 10.7. The van der Waals surface area contributed by atoms with E-state index in [1.165, 1.54) is 0 Å². The summed E-state index contributed by atoms with van der Waals surface area (Å²) in [6.45, 7) is 0.676. The number of nitrogen functional groups attached to an aromatic ring is 1. The average Bonchev–Trinajstić information content (AvgIpc) is 2.91. The van der Waals surface area contributed by atoms with Gasteiger partial charge in [0.15, 0.2) is 0 Å². The van der Waals surface area contributed by atoms with Gasteiger partial charge >= 0.3 is 0 Å². The quantitative estimate of drug-likeness (QED) is 0.756. The Morgan fingerprint density at radius 1 is 1.22 bits per heavy atom. The number of para-hydroxylation sites is 1. The van der Waals surface area contributed by atoms with Crippen molar-refractivity contribution in [1.29, 1.82) is 0 Å². The van der Waals surface area contributed by atoms with E-state index >= 15 is 0 Å². The fraction of sp³-hybridized carbons (Fsp3) is 0.0769. The van der Waals surface area contributed by atoms with Gasteiger partial charge in [0.25, 0.3) is 0 Å². The fourth-order valence-electron chi connectivity index (χ4n) is 1.86. The summed E-state index contributed by atoms with van der Waals surface area (Å²) in [5.41, 5.74) is 8.51. The van der Waals surface area contributed by atoms with Gasteiger partial charge in [0, 0.05) is 17.0 Å². The molecule has 0 fully saturated rings. The number of rotatable bonds is 3. The third kappa shape index (κ3) is 2.00. The molecule has 0 aliphatic heterocycles. The summed E-state index contributed by atoms with van der Waals surface area (Å²) in [6.07, 6.45) is 3.49. The lowest BCUT2D eigenvalue weighted by atomic mass is 10.1. The number of benzene rings is 1. The summed E-state index contributed by atoms with van der Waals surface area (Å²) in [5.74, 6) is 0. The van der Waals surface area contributed by atoms with E-state index in [1.807, 2.05) is 29.6 Å². The zero-order chi connectivity index (χ0) is 12.4. The topological polar surface area (TPSA) is 63.8 Å². The van der Waals surface area contributed by atoms with Gasteiger partial charge in [0.05, 0.1) is 29.6 Å². The van der Waals surface area contributed by atoms with Gasteiger partial charge in [-0.25, -0.2) is 4.98 Å². The van der Waals surface area contributed by atoms with E-state index in [9.17, 15) is 0 Å². The number of nitrogens with zero attached hydrogens (tertiary/aromatic N) is 2. The molecule has 3 rings (SSSR count). The Kier molecular flexibility index (Phi) is 2.82. The highest BCUT2D eigenvalue weighted by Crippen LogP contribution is 2.28. The van der Waals surface area contributed by atoms with Crippen LogP contribution in [0.2, 0.25) is 0 Å². The number of anilines is 2. The van der Waals surface area contributed by atoms with Crippen LogP contribution in [-0.2, 0) is 6.54 Å². The maximum atomic E-state index is 5.98. The molecule has 2 aromatic heterocycles. The second kappa shape index (κ2) is 4.62. The molecule has 0 spiro atoms. The third-order valence-electron chi connectivity index (χ3n) is 2.70. The first-order chi connectivity index (χ1) is 8.84. The zero-order valence-corrected chi connectivity index (χ0v) is 10.4. The van der Waals surface area contributed by atoms with Gasteiger partial charge in [-0.15, -0.1) is 11.3 Å². The highest BCUT2D eigenvalue weighted by atomic mass is 32.1. The molecule has 0 saturated heterocycles. The van der Waals surface area contributed by atoms with E-state index in [4.69, 9.17) is 5.73 Å². The van der Waals surface area contributed by atoms with Crippen LogP contribution >= 0.6 is 11.3 Å². The summed E-state index contributed by atoms with van der Waals surface area (Å²) in [6, 6.07) is 7.94. The summed E-state index contributed by atoms with van der Waals surface area (Å²) < 4.78 is 0. The van der Waals surface area contributed by atoms with Gasteiger partial charge in [-0.2, -0.15) is 0 Å². The molecular formula is C13H12N4S. The fourth-order valence-corrected chi connectivity index (χ4v) is 2.41. The Hall–Kier alpha value is -2.14. The minimum Gasteiger partial charge on any atom is -0.396 e. The van der Waals surface area contributed by atoms with Crippen LogP contribution in [0.3, 0.4) is 0 Å². The lowest BCUT2D eigenvalue weighted by Gasteiger charge is -2.10. The predicted octanol–water partition coefficient (Wildman–Crippen LogP) is 2.89. The van der Waals surface area contributed by atoms with Crippen LogP contribution in [0.15, 0.2) is 42.0 Å². The lowest BCUT2D eigenvalue weighted by Crippen LogP contribution is -2.03. The number of aromatic nitrogens is 2. The van der Waals surface area contributed by atoms with Crippen LogP contribution in [0.4, 0.5) is 11.4 Å². The van der Waals surface area contributed by atoms with Crippen LogP contribution in [0.25, 0.3) is 10.9 Å². The first-order valence-corrected chi connectivity index (χ1v) is 6.48. The molecule has 0 atom stereocenters. The van der Waals surface area contributed by atoms with Gasteiger partial charge in [-0.05, 0) is 6.07 Å². The molecule has 3 N–H and O–H groups in total. The van der Waals surface area contributed by atoms with E-state index in [0.29, 0.717) is 12.2 Å². The highest BCUT2D eigenvalue weighted by Gasteiger charge is 2.06. The van der Waals surface area contributed by atoms with Crippen molar-refractivity contribution in [3.63, 3.8) is 0 Å². The molecule has 4 nitrogen and oxygen atoms in total. The molecule has 18 heavy (non-hydrogen) atoms. The Labute approximate surface area is 109 Å². The minimum atomic E-state index is 0.658. The standard InChI is InChI=1S/C13H12N4S/c14-10-7-16-11-4-2-1-3-9(11)13(10)17-8-12-15-5-6-18-12/h1-7H,8,14H2,(H,16,17). The van der Waals surface area contributed by atoms with Crippen molar-refractivity contribution in [3.05, 3.63) is 47.0 Å². The smallest absolute Gasteiger partial charge is 0.112 e. The molecule has 0 saturated carbocycles. The summed E-state index contributed by atoms with van der Waals surface area (Å²) in [4.78, 5) is 8.55. The molecular weight excluding hydrogens is 244 g/mol. The number of hydrogen-bond donors (Lipinski definition) is 2. The van der Waals surface area contributed by atoms with Gasteiger partial charge in [0.2, 0.25) is 0 Å². The molecule has 0 unspecified atom stereocenters. The van der Waals surface area contributed by atoms with Crippen molar-refractivity contribution in [2.45, 2.75) is 6.54 Å². The second-order valence-corrected chi connectivity index (χ2v) is 4.86. The van der Waals surface area contributed by atoms with Crippen molar-refractivity contribution in [2.24, 2.45) is 0 Å². The maximum absolute atomic E-state index is 5.98. The number of nitrogens with two attached hydrogens (primary N) is 1. The number of pyridine rings is 1. The first-order valence-electron chi connectivity index (χ1n) is 5.60. The number of thiazole rings is 1.